The van der Waals surface area contributed by atoms with Crippen LogP contribution in [0.2, 0.25) is 0 Å². The molecule has 0 saturated heterocycles. The smallest absolute Gasteiger partial charge is 0.267 e. The highest BCUT2D eigenvalue weighted by Gasteiger charge is 2.19. The molecule has 1 amide bonds. The fraction of sp³-hybridized carbons (Fsp3) is 0.200. The Kier molecular flexibility index (Phi) is 3.44. The average molecular weight is 328 g/mol. The zero-order valence-electron chi connectivity index (χ0n) is 11.6. The van der Waals surface area contributed by atoms with E-state index in [1.165, 1.54) is 28.2 Å². The molecule has 3 heterocycles. The van der Waals surface area contributed by atoms with Gasteiger partial charge in [-0.3, -0.25) is 15.1 Å². The molecular weight excluding hydrogens is 316 g/mol. The van der Waals surface area contributed by atoms with Crippen molar-refractivity contribution in [1.82, 2.24) is 15.2 Å². The van der Waals surface area contributed by atoms with Crippen molar-refractivity contribution in [2.75, 3.05) is 5.32 Å². The molecule has 7 heteroatoms. The van der Waals surface area contributed by atoms with Gasteiger partial charge in [0, 0.05) is 11.1 Å². The average Bonchev–Trinajstić information content (AvgIpc) is 3.23. The molecule has 1 aliphatic rings. The number of carbonyl (C=O) groups is 1. The van der Waals surface area contributed by atoms with Crippen molar-refractivity contribution in [3.8, 4) is 10.7 Å². The number of thiophene rings is 1. The van der Waals surface area contributed by atoms with Crippen molar-refractivity contribution < 1.29 is 4.79 Å². The van der Waals surface area contributed by atoms with Crippen molar-refractivity contribution in [2.45, 2.75) is 19.3 Å². The van der Waals surface area contributed by atoms with E-state index in [0.29, 0.717) is 10.1 Å². The van der Waals surface area contributed by atoms with Crippen LogP contribution >= 0.6 is 22.7 Å². The van der Waals surface area contributed by atoms with E-state index in [1.807, 2.05) is 24.3 Å². The molecule has 0 radical (unpaired) electrons. The molecule has 22 heavy (non-hydrogen) atoms. The second-order valence-electron chi connectivity index (χ2n) is 4.99. The number of aromatic nitrogens is 3. The van der Waals surface area contributed by atoms with Crippen molar-refractivity contribution >= 4 is 33.7 Å². The van der Waals surface area contributed by atoms with E-state index in [-0.39, 0.29) is 5.91 Å². The minimum atomic E-state index is -0.108. The molecule has 0 atom stereocenters. The van der Waals surface area contributed by atoms with Crippen molar-refractivity contribution in [2.24, 2.45) is 0 Å². The first-order valence-electron chi connectivity index (χ1n) is 6.97. The quantitative estimate of drug-likeness (QED) is 0.800. The largest absolute Gasteiger partial charge is 0.296 e. The Hall–Kier alpha value is -2.12. The number of pyridine rings is 1. The minimum Gasteiger partial charge on any atom is -0.296 e. The fourth-order valence-corrected chi connectivity index (χ4v) is 4.33. The van der Waals surface area contributed by atoms with Crippen molar-refractivity contribution in [3.05, 3.63) is 45.8 Å². The maximum absolute atomic E-state index is 12.3. The lowest BCUT2D eigenvalue weighted by Gasteiger charge is -1.97. The molecule has 4 rings (SSSR count). The van der Waals surface area contributed by atoms with Gasteiger partial charge < -0.3 is 0 Å². The van der Waals surface area contributed by atoms with E-state index in [2.05, 4.69) is 20.5 Å². The van der Waals surface area contributed by atoms with Crippen LogP contribution in [0, 0.1) is 0 Å². The molecule has 1 aliphatic carbocycles. The molecular formula is C15H12N4OS2. The van der Waals surface area contributed by atoms with Crippen LogP contribution in [0.4, 0.5) is 5.13 Å². The first-order chi connectivity index (χ1) is 10.8. The molecule has 0 fully saturated rings. The summed E-state index contributed by atoms with van der Waals surface area (Å²) in [6, 6.07) is 7.62. The maximum Gasteiger partial charge on any atom is 0.267 e. The second kappa shape index (κ2) is 5.58. The summed E-state index contributed by atoms with van der Waals surface area (Å²) in [5.74, 6) is -0.108. The predicted molar refractivity (Wildman–Crippen MR) is 87.4 cm³/mol. The van der Waals surface area contributed by atoms with Gasteiger partial charge in [0.05, 0.1) is 4.88 Å². The lowest BCUT2D eigenvalue weighted by Crippen LogP contribution is -2.09. The number of aryl methyl sites for hydroxylation is 2. The van der Waals surface area contributed by atoms with E-state index in [9.17, 15) is 4.79 Å². The van der Waals surface area contributed by atoms with Gasteiger partial charge in [-0.25, -0.2) is 0 Å². The zero-order valence-corrected chi connectivity index (χ0v) is 13.2. The second-order valence-corrected chi connectivity index (χ2v) is 7.11. The van der Waals surface area contributed by atoms with Crippen LogP contribution in [0.15, 0.2) is 30.5 Å². The van der Waals surface area contributed by atoms with Gasteiger partial charge >= 0.3 is 0 Å². The number of nitrogens with one attached hydrogen (secondary N) is 1. The summed E-state index contributed by atoms with van der Waals surface area (Å²) in [5.41, 5.74) is 2.08. The number of amides is 1. The number of carbonyl (C=O) groups excluding carboxylic acids is 1. The number of hydrogen-bond donors (Lipinski definition) is 1. The molecule has 0 bridgehead atoms. The highest BCUT2D eigenvalue weighted by molar-refractivity contribution is 7.18. The van der Waals surface area contributed by atoms with Gasteiger partial charge in [0.15, 0.2) is 5.01 Å². The molecule has 0 aliphatic heterocycles. The molecule has 110 valence electrons. The lowest BCUT2D eigenvalue weighted by molar-refractivity contribution is 0.103. The fourth-order valence-electron chi connectivity index (χ4n) is 2.47. The maximum atomic E-state index is 12.3. The molecule has 0 saturated carbocycles. The highest BCUT2D eigenvalue weighted by atomic mass is 32.1. The van der Waals surface area contributed by atoms with Crippen molar-refractivity contribution in [1.29, 1.82) is 0 Å². The van der Waals surface area contributed by atoms with Crippen LogP contribution in [0.3, 0.4) is 0 Å². The van der Waals surface area contributed by atoms with E-state index in [4.69, 9.17) is 0 Å². The normalized spacial score (nSPS) is 13.1. The predicted octanol–water partition coefficient (Wildman–Crippen LogP) is 3.40. The minimum absolute atomic E-state index is 0.108. The van der Waals surface area contributed by atoms with Crippen LogP contribution < -0.4 is 5.32 Å². The molecule has 3 aromatic heterocycles. The topological polar surface area (TPSA) is 67.8 Å². The third-order valence-electron chi connectivity index (χ3n) is 3.50. The van der Waals surface area contributed by atoms with Crippen LogP contribution in [-0.2, 0) is 12.8 Å². The summed E-state index contributed by atoms with van der Waals surface area (Å²) >= 11 is 2.91. The third-order valence-corrected chi connectivity index (χ3v) is 5.60. The molecule has 0 spiro atoms. The Labute approximate surface area is 135 Å². The molecule has 0 aromatic carbocycles. The van der Waals surface area contributed by atoms with E-state index in [0.717, 1.165) is 23.4 Å². The Morgan fingerprint density at radius 1 is 1.18 bits per heavy atom. The highest BCUT2D eigenvalue weighted by Crippen LogP contribution is 2.31. The Balaban J connectivity index is 1.51. The van der Waals surface area contributed by atoms with Gasteiger partial charge in [-0.15, -0.1) is 21.5 Å². The first kappa shape index (κ1) is 13.5. The van der Waals surface area contributed by atoms with Gasteiger partial charge in [0.25, 0.3) is 5.91 Å². The van der Waals surface area contributed by atoms with Gasteiger partial charge in [0.2, 0.25) is 5.13 Å². The summed E-state index contributed by atoms with van der Waals surface area (Å²) in [7, 11) is 0. The summed E-state index contributed by atoms with van der Waals surface area (Å²) in [5, 5.41) is 12.1. The van der Waals surface area contributed by atoms with E-state index >= 15 is 0 Å². The summed E-state index contributed by atoms with van der Waals surface area (Å²) in [6.07, 6.45) is 5.09. The van der Waals surface area contributed by atoms with Crippen LogP contribution in [-0.4, -0.2) is 21.1 Å². The molecule has 5 nitrogen and oxygen atoms in total. The number of rotatable bonds is 3. The SMILES string of the molecule is O=C(Nc1nnc(-c2ccccn2)s1)c1cc2c(s1)CCC2. The number of fused-ring (bicyclic) bond motifs is 1. The van der Waals surface area contributed by atoms with Gasteiger partial charge in [0.1, 0.15) is 5.69 Å². The van der Waals surface area contributed by atoms with Crippen molar-refractivity contribution in [3.63, 3.8) is 0 Å². The summed E-state index contributed by atoms with van der Waals surface area (Å²) in [4.78, 5) is 18.6. The number of hydrogen-bond acceptors (Lipinski definition) is 6. The first-order valence-corrected chi connectivity index (χ1v) is 8.61. The molecule has 0 unspecified atom stereocenters. The van der Waals surface area contributed by atoms with Gasteiger partial charge in [-0.1, -0.05) is 17.4 Å². The number of anilines is 1. The standard InChI is InChI=1S/C15H12N4OS2/c20-13(12-8-9-4-3-6-11(9)21-12)17-15-19-18-14(22-15)10-5-1-2-7-16-10/h1-2,5,7-8H,3-4,6H2,(H,17,19,20). The van der Waals surface area contributed by atoms with Crippen LogP contribution in [0.5, 0.6) is 0 Å². The molecule has 1 N–H and O–H groups in total. The third kappa shape index (κ3) is 2.53. The Morgan fingerprint density at radius 3 is 2.95 bits per heavy atom. The Bertz CT molecular complexity index is 804. The summed E-state index contributed by atoms with van der Waals surface area (Å²) < 4.78 is 0. The summed E-state index contributed by atoms with van der Waals surface area (Å²) in [6.45, 7) is 0. The molecule has 3 aromatic rings. The van der Waals surface area contributed by atoms with Crippen LogP contribution in [0.1, 0.15) is 26.5 Å². The van der Waals surface area contributed by atoms with E-state index < -0.39 is 0 Å². The number of nitrogens with zero attached hydrogens (tertiary/aromatic N) is 3. The van der Waals surface area contributed by atoms with Gasteiger partial charge in [-0.05, 0) is 43.0 Å². The zero-order chi connectivity index (χ0) is 14.9. The monoisotopic (exact) mass is 328 g/mol. The van der Waals surface area contributed by atoms with Gasteiger partial charge in [-0.2, -0.15) is 0 Å². The van der Waals surface area contributed by atoms with E-state index in [1.54, 1.807) is 17.5 Å². The lowest BCUT2D eigenvalue weighted by atomic mass is 10.2. The Morgan fingerprint density at radius 2 is 2.14 bits per heavy atom. The van der Waals surface area contributed by atoms with Crippen LogP contribution in [0.25, 0.3) is 10.7 Å².